The first-order valence-corrected chi connectivity index (χ1v) is 6.53. The number of thioether (sulfide) groups is 1. The molecule has 2 heterocycles. The van der Waals surface area contributed by atoms with Gasteiger partial charge in [-0.05, 0) is 37.7 Å². The standard InChI is InChI=1S/C11H17N3S/c1-8-5-11(14-9(2)13-8)12-6-10-3-4-15-7-10/h5,10H,3-4,6-7H2,1-2H3,(H,12,13,14). The molecule has 1 saturated heterocycles. The monoisotopic (exact) mass is 223 g/mol. The normalized spacial score (nSPS) is 20.5. The van der Waals surface area contributed by atoms with Gasteiger partial charge in [-0.25, -0.2) is 9.97 Å². The van der Waals surface area contributed by atoms with Crippen molar-refractivity contribution in [1.82, 2.24) is 9.97 Å². The Morgan fingerprint density at radius 3 is 3.00 bits per heavy atom. The lowest BCUT2D eigenvalue weighted by molar-refractivity contribution is 0.630. The number of nitrogens with one attached hydrogen (secondary N) is 1. The Morgan fingerprint density at radius 1 is 1.47 bits per heavy atom. The highest BCUT2D eigenvalue weighted by Gasteiger charge is 2.15. The summed E-state index contributed by atoms with van der Waals surface area (Å²) in [5, 5.41) is 3.40. The van der Waals surface area contributed by atoms with Gasteiger partial charge in [-0.15, -0.1) is 0 Å². The molecule has 1 fully saturated rings. The van der Waals surface area contributed by atoms with E-state index in [1.54, 1.807) is 0 Å². The van der Waals surface area contributed by atoms with Crippen LogP contribution in [-0.4, -0.2) is 28.0 Å². The van der Waals surface area contributed by atoms with Crippen molar-refractivity contribution >= 4 is 17.6 Å². The van der Waals surface area contributed by atoms with E-state index in [4.69, 9.17) is 0 Å². The highest BCUT2D eigenvalue weighted by Crippen LogP contribution is 2.23. The van der Waals surface area contributed by atoms with Gasteiger partial charge >= 0.3 is 0 Å². The summed E-state index contributed by atoms with van der Waals surface area (Å²) in [4.78, 5) is 8.62. The number of hydrogen-bond acceptors (Lipinski definition) is 4. The van der Waals surface area contributed by atoms with Gasteiger partial charge in [0.1, 0.15) is 11.6 Å². The summed E-state index contributed by atoms with van der Waals surface area (Å²) >= 11 is 2.05. The molecule has 1 unspecified atom stereocenters. The van der Waals surface area contributed by atoms with Crippen molar-refractivity contribution in [2.45, 2.75) is 20.3 Å². The van der Waals surface area contributed by atoms with Crippen molar-refractivity contribution in [2.24, 2.45) is 5.92 Å². The van der Waals surface area contributed by atoms with Crippen molar-refractivity contribution in [2.75, 3.05) is 23.4 Å². The molecule has 82 valence electrons. The van der Waals surface area contributed by atoms with Crippen molar-refractivity contribution in [1.29, 1.82) is 0 Å². The van der Waals surface area contributed by atoms with Gasteiger partial charge in [0.25, 0.3) is 0 Å². The predicted molar refractivity (Wildman–Crippen MR) is 65.4 cm³/mol. The second kappa shape index (κ2) is 4.84. The third kappa shape index (κ3) is 3.09. The maximum absolute atomic E-state index is 4.37. The van der Waals surface area contributed by atoms with Crippen LogP contribution in [0, 0.1) is 19.8 Å². The minimum Gasteiger partial charge on any atom is -0.370 e. The molecular formula is C11H17N3S. The van der Waals surface area contributed by atoms with E-state index in [0.717, 1.165) is 29.8 Å². The average molecular weight is 223 g/mol. The summed E-state index contributed by atoms with van der Waals surface area (Å²) in [6.45, 7) is 4.98. The van der Waals surface area contributed by atoms with Gasteiger partial charge in [-0.1, -0.05) is 0 Å². The first-order valence-electron chi connectivity index (χ1n) is 5.38. The summed E-state index contributed by atoms with van der Waals surface area (Å²) in [7, 11) is 0. The van der Waals surface area contributed by atoms with Crippen molar-refractivity contribution in [3.63, 3.8) is 0 Å². The highest BCUT2D eigenvalue weighted by molar-refractivity contribution is 7.99. The van der Waals surface area contributed by atoms with Crippen LogP contribution in [0.2, 0.25) is 0 Å². The summed E-state index contributed by atoms with van der Waals surface area (Å²) in [5.74, 6) is 5.23. The molecule has 0 radical (unpaired) electrons. The zero-order valence-corrected chi connectivity index (χ0v) is 10.1. The SMILES string of the molecule is Cc1cc(NCC2CCSC2)nc(C)n1. The maximum Gasteiger partial charge on any atom is 0.129 e. The molecule has 1 aromatic heterocycles. The van der Waals surface area contributed by atoms with Crippen molar-refractivity contribution in [3.8, 4) is 0 Å². The molecule has 0 bridgehead atoms. The Bertz CT molecular complexity index is 314. The van der Waals surface area contributed by atoms with E-state index in [1.807, 2.05) is 19.9 Å². The number of aromatic nitrogens is 2. The second-order valence-corrected chi connectivity index (χ2v) is 5.20. The fourth-order valence-electron chi connectivity index (χ4n) is 1.80. The minimum atomic E-state index is 0.811. The Balaban J connectivity index is 1.92. The molecule has 0 aromatic carbocycles. The molecule has 0 spiro atoms. The van der Waals surface area contributed by atoms with Gasteiger partial charge in [-0.2, -0.15) is 11.8 Å². The van der Waals surface area contributed by atoms with Crippen LogP contribution in [0.3, 0.4) is 0 Å². The maximum atomic E-state index is 4.37. The topological polar surface area (TPSA) is 37.8 Å². The molecule has 3 nitrogen and oxygen atoms in total. The number of hydrogen-bond donors (Lipinski definition) is 1. The van der Waals surface area contributed by atoms with Crippen LogP contribution in [0.1, 0.15) is 17.9 Å². The van der Waals surface area contributed by atoms with E-state index in [-0.39, 0.29) is 0 Å². The van der Waals surface area contributed by atoms with Crippen LogP contribution < -0.4 is 5.32 Å². The Kier molecular flexibility index (Phi) is 3.46. The molecule has 15 heavy (non-hydrogen) atoms. The van der Waals surface area contributed by atoms with Crippen LogP contribution in [0.4, 0.5) is 5.82 Å². The van der Waals surface area contributed by atoms with E-state index in [9.17, 15) is 0 Å². The zero-order valence-electron chi connectivity index (χ0n) is 9.29. The molecule has 0 saturated carbocycles. The quantitative estimate of drug-likeness (QED) is 0.853. The highest BCUT2D eigenvalue weighted by atomic mass is 32.2. The minimum absolute atomic E-state index is 0.811. The number of rotatable bonds is 3. The van der Waals surface area contributed by atoms with Crippen LogP contribution >= 0.6 is 11.8 Å². The summed E-state index contributed by atoms with van der Waals surface area (Å²) < 4.78 is 0. The van der Waals surface area contributed by atoms with Crippen LogP contribution in [0.15, 0.2) is 6.07 Å². The number of aryl methyl sites for hydroxylation is 2. The van der Waals surface area contributed by atoms with Gasteiger partial charge < -0.3 is 5.32 Å². The van der Waals surface area contributed by atoms with E-state index in [0.29, 0.717) is 0 Å². The third-order valence-electron chi connectivity index (χ3n) is 2.56. The summed E-state index contributed by atoms with van der Waals surface area (Å²) in [5.41, 5.74) is 1.03. The van der Waals surface area contributed by atoms with Crippen molar-refractivity contribution in [3.05, 3.63) is 17.6 Å². The van der Waals surface area contributed by atoms with Gasteiger partial charge in [0.05, 0.1) is 0 Å². The molecule has 0 aliphatic carbocycles. The van der Waals surface area contributed by atoms with E-state index >= 15 is 0 Å². The molecule has 1 aromatic rings. The lowest BCUT2D eigenvalue weighted by Crippen LogP contribution is -2.14. The molecule has 1 atom stereocenters. The Labute approximate surface area is 95.1 Å². The molecular weight excluding hydrogens is 206 g/mol. The second-order valence-electron chi connectivity index (χ2n) is 4.05. The smallest absolute Gasteiger partial charge is 0.129 e. The van der Waals surface area contributed by atoms with E-state index < -0.39 is 0 Å². The molecule has 4 heteroatoms. The van der Waals surface area contributed by atoms with Gasteiger partial charge in [-0.3, -0.25) is 0 Å². The fraction of sp³-hybridized carbons (Fsp3) is 0.636. The predicted octanol–water partition coefficient (Wildman–Crippen LogP) is 2.26. The van der Waals surface area contributed by atoms with E-state index in [1.165, 1.54) is 17.9 Å². The van der Waals surface area contributed by atoms with E-state index in [2.05, 4.69) is 27.0 Å². The molecule has 1 N–H and O–H groups in total. The van der Waals surface area contributed by atoms with Crippen molar-refractivity contribution < 1.29 is 0 Å². The van der Waals surface area contributed by atoms with Gasteiger partial charge in [0.2, 0.25) is 0 Å². The molecule has 1 aliphatic rings. The fourth-order valence-corrected chi connectivity index (χ4v) is 3.09. The largest absolute Gasteiger partial charge is 0.370 e. The number of nitrogens with zero attached hydrogens (tertiary/aromatic N) is 2. The molecule has 1 aliphatic heterocycles. The first kappa shape index (κ1) is 10.7. The van der Waals surface area contributed by atoms with Gasteiger partial charge in [0.15, 0.2) is 0 Å². The average Bonchev–Trinajstić information content (AvgIpc) is 2.65. The summed E-state index contributed by atoms with van der Waals surface area (Å²) in [6.07, 6.45) is 1.33. The lowest BCUT2D eigenvalue weighted by Gasteiger charge is -2.11. The Hall–Kier alpha value is -0.770. The lowest BCUT2D eigenvalue weighted by atomic mass is 10.1. The van der Waals surface area contributed by atoms with Crippen LogP contribution in [-0.2, 0) is 0 Å². The Morgan fingerprint density at radius 2 is 2.33 bits per heavy atom. The number of anilines is 1. The third-order valence-corrected chi connectivity index (χ3v) is 3.79. The first-order chi connectivity index (χ1) is 7.24. The van der Waals surface area contributed by atoms with Crippen LogP contribution in [0.5, 0.6) is 0 Å². The summed E-state index contributed by atoms with van der Waals surface area (Å²) in [6, 6.07) is 2.01. The van der Waals surface area contributed by atoms with Gasteiger partial charge in [0, 0.05) is 18.3 Å². The zero-order chi connectivity index (χ0) is 10.7. The molecule has 2 rings (SSSR count). The molecule has 0 amide bonds. The van der Waals surface area contributed by atoms with Crippen LogP contribution in [0.25, 0.3) is 0 Å².